The highest BCUT2D eigenvalue weighted by molar-refractivity contribution is 6.08. The zero-order chi connectivity index (χ0) is 15.6. The summed E-state index contributed by atoms with van der Waals surface area (Å²) in [7, 11) is 0. The third kappa shape index (κ3) is 2.94. The molecule has 1 aliphatic heterocycles. The summed E-state index contributed by atoms with van der Waals surface area (Å²) >= 11 is 0. The first kappa shape index (κ1) is 15.5. The summed E-state index contributed by atoms with van der Waals surface area (Å²) in [4.78, 5) is 26.8. The number of rotatable bonds is 4. The van der Waals surface area contributed by atoms with E-state index in [1.54, 1.807) is 4.90 Å². The Labute approximate surface area is 126 Å². The van der Waals surface area contributed by atoms with Crippen LogP contribution in [0, 0.1) is 5.92 Å². The maximum absolute atomic E-state index is 12.8. The molecule has 114 valence electrons. The third-order valence-corrected chi connectivity index (χ3v) is 4.07. The lowest BCUT2D eigenvalue weighted by Gasteiger charge is -2.40. The van der Waals surface area contributed by atoms with E-state index in [-0.39, 0.29) is 17.7 Å². The van der Waals surface area contributed by atoms with E-state index in [2.05, 4.69) is 12.2 Å². The van der Waals surface area contributed by atoms with E-state index in [1.165, 1.54) is 5.56 Å². The quantitative estimate of drug-likeness (QED) is 0.925. The molecule has 4 nitrogen and oxygen atoms in total. The van der Waals surface area contributed by atoms with Crippen molar-refractivity contribution in [1.29, 1.82) is 0 Å². The van der Waals surface area contributed by atoms with Gasteiger partial charge in [0.2, 0.25) is 5.91 Å². The van der Waals surface area contributed by atoms with Crippen LogP contribution < -0.4 is 10.2 Å². The van der Waals surface area contributed by atoms with Crippen LogP contribution >= 0.6 is 0 Å². The second-order valence-corrected chi connectivity index (χ2v) is 5.89. The summed E-state index contributed by atoms with van der Waals surface area (Å²) in [5.41, 5.74) is 1.99. The fraction of sp³-hybridized carbons (Fsp3) is 0.529. The first-order valence-electron chi connectivity index (χ1n) is 7.72. The average molecular weight is 288 g/mol. The molecule has 1 fully saturated rings. The Morgan fingerprint density at radius 2 is 1.95 bits per heavy atom. The highest BCUT2D eigenvalue weighted by Gasteiger charge is 2.41. The van der Waals surface area contributed by atoms with Crippen LogP contribution in [-0.4, -0.2) is 23.9 Å². The van der Waals surface area contributed by atoms with E-state index in [4.69, 9.17) is 0 Å². The van der Waals surface area contributed by atoms with Crippen molar-refractivity contribution in [3.05, 3.63) is 29.8 Å². The lowest BCUT2D eigenvalue weighted by Crippen LogP contribution is -2.64. The molecule has 1 aromatic carbocycles. The lowest BCUT2D eigenvalue weighted by atomic mass is 9.96. The van der Waals surface area contributed by atoms with Gasteiger partial charge in [-0.15, -0.1) is 0 Å². The zero-order valence-electron chi connectivity index (χ0n) is 13.2. The van der Waals surface area contributed by atoms with E-state index in [0.29, 0.717) is 6.42 Å². The minimum absolute atomic E-state index is 0.00953. The third-order valence-electron chi connectivity index (χ3n) is 4.07. The number of benzene rings is 1. The molecule has 2 unspecified atom stereocenters. The summed E-state index contributed by atoms with van der Waals surface area (Å²) in [6.45, 7) is 7.92. The Morgan fingerprint density at radius 1 is 1.24 bits per heavy atom. The van der Waals surface area contributed by atoms with Gasteiger partial charge in [0.1, 0.15) is 12.1 Å². The number of piperazine rings is 1. The largest absolute Gasteiger partial charge is 0.342 e. The Bertz CT molecular complexity index is 539. The zero-order valence-corrected chi connectivity index (χ0v) is 13.2. The van der Waals surface area contributed by atoms with Crippen LogP contribution in [0.15, 0.2) is 24.3 Å². The van der Waals surface area contributed by atoms with E-state index < -0.39 is 12.1 Å². The molecule has 21 heavy (non-hydrogen) atoms. The highest BCUT2D eigenvalue weighted by atomic mass is 16.2. The fourth-order valence-corrected chi connectivity index (χ4v) is 2.79. The van der Waals surface area contributed by atoms with Gasteiger partial charge in [-0.2, -0.15) is 0 Å². The SMILES string of the molecule is CCc1cccc(N2C(=O)C(C(C)C)NC(=O)C2CC)c1. The number of hydrogen-bond acceptors (Lipinski definition) is 2. The minimum Gasteiger partial charge on any atom is -0.342 e. The van der Waals surface area contributed by atoms with Gasteiger partial charge in [-0.3, -0.25) is 14.5 Å². The second-order valence-electron chi connectivity index (χ2n) is 5.89. The van der Waals surface area contributed by atoms with E-state index in [0.717, 1.165) is 12.1 Å². The van der Waals surface area contributed by atoms with Crippen LogP contribution in [-0.2, 0) is 16.0 Å². The number of nitrogens with zero attached hydrogens (tertiary/aromatic N) is 1. The van der Waals surface area contributed by atoms with E-state index in [1.807, 2.05) is 45.0 Å². The topological polar surface area (TPSA) is 49.4 Å². The average Bonchev–Trinajstić information content (AvgIpc) is 2.48. The monoisotopic (exact) mass is 288 g/mol. The second kappa shape index (κ2) is 6.29. The molecule has 1 saturated heterocycles. The van der Waals surface area contributed by atoms with Crippen molar-refractivity contribution in [3.63, 3.8) is 0 Å². The molecule has 1 N–H and O–H groups in total. The van der Waals surface area contributed by atoms with E-state index in [9.17, 15) is 9.59 Å². The standard InChI is InChI=1S/C17H24N2O2/c1-5-12-8-7-9-13(10-12)19-14(6-2)16(20)18-15(11(3)4)17(19)21/h7-11,14-15H,5-6H2,1-4H3,(H,18,20). The molecular formula is C17H24N2O2. The van der Waals surface area contributed by atoms with Gasteiger partial charge in [0, 0.05) is 5.69 Å². The molecule has 4 heteroatoms. The number of anilines is 1. The Hall–Kier alpha value is -1.84. The highest BCUT2D eigenvalue weighted by Crippen LogP contribution is 2.26. The van der Waals surface area contributed by atoms with Gasteiger partial charge in [0.25, 0.3) is 5.91 Å². The predicted octanol–water partition coefficient (Wildman–Crippen LogP) is 2.52. The number of aryl methyl sites for hydroxylation is 1. The number of carbonyl (C=O) groups is 2. The van der Waals surface area contributed by atoms with Crippen LogP contribution in [0.2, 0.25) is 0 Å². The van der Waals surface area contributed by atoms with Gasteiger partial charge in [-0.1, -0.05) is 39.8 Å². The normalized spacial score (nSPS) is 22.6. The molecule has 1 aromatic rings. The van der Waals surface area contributed by atoms with Crippen LogP contribution in [0.4, 0.5) is 5.69 Å². The van der Waals surface area contributed by atoms with Crippen molar-refractivity contribution in [2.24, 2.45) is 5.92 Å². The fourth-order valence-electron chi connectivity index (χ4n) is 2.79. The molecule has 1 heterocycles. The van der Waals surface area contributed by atoms with Crippen LogP contribution in [0.25, 0.3) is 0 Å². The van der Waals surface area contributed by atoms with Crippen molar-refractivity contribution in [3.8, 4) is 0 Å². The van der Waals surface area contributed by atoms with Crippen molar-refractivity contribution >= 4 is 17.5 Å². The molecule has 0 aromatic heterocycles. The molecule has 2 atom stereocenters. The molecule has 0 spiro atoms. The van der Waals surface area contributed by atoms with Gasteiger partial charge in [-0.25, -0.2) is 0 Å². The maximum atomic E-state index is 12.8. The number of nitrogens with one attached hydrogen (secondary N) is 1. The van der Waals surface area contributed by atoms with Gasteiger partial charge in [0.15, 0.2) is 0 Å². The summed E-state index contributed by atoms with van der Waals surface area (Å²) < 4.78 is 0. The molecule has 2 rings (SSSR count). The number of carbonyl (C=O) groups excluding carboxylic acids is 2. The van der Waals surface area contributed by atoms with Crippen molar-refractivity contribution in [2.75, 3.05) is 4.90 Å². The number of hydrogen-bond donors (Lipinski definition) is 1. The molecule has 0 aliphatic carbocycles. The summed E-state index contributed by atoms with van der Waals surface area (Å²) in [6, 6.07) is 7.06. The molecule has 1 aliphatic rings. The van der Waals surface area contributed by atoms with E-state index >= 15 is 0 Å². The predicted molar refractivity (Wildman–Crippen MR) is 84.2 cm³/mol. The molecule has 0 radical (unpaired) electrons. The Kier molecular flexibility index (Phi) is 4.66. The first-order chi connectivity index (χ1) is 9.99. The molecular weight excluding hydrogens is 264 g/mol. The van der Waals surface area contributed by atoms with Gasteiger partial charge >= 0.3 is 0 Å². The first-order valence-corrected chi connectivity index (χ1v) is 7.72. The number of amides is 2. The lowest BCUT2D eigenvalue weighted by molar-refractivity contribution is -0.134. The summed E-state index contributed by atoms with van der Waals surface area (Å²) in [5, 5.41) is 2.86. The Morgan fingerprint density at radius 3 is 2.52 bits per heavy atom. The molecule has 2 amide bonds. The minimum atomic E-state index is -0.439. The summed E-state index contributed by atoms with van der Waals surface area (Å²) in [6.07, 6.45) is 1.52. The maximum Gasteiger partial charge on any atom is 0.250 e. The van der Waals surface area contributed by atoms with Gasteiger partial charge < -0.3 is 5.32 Å². The van der Waals surface area contributed by atoms with Crippen LogP contribution in [0.1, 0.15) is 39.7 Å². The van der Waals surface area contributed by atoms with Crippen molar-refractivity contribution < 1.29 is 9.59 Å². The van der Waals surface area contributed by atoms with Gasteiger partial charge in [-0.05, 0) is 36.5 Å². The van der Waals surface area contributed by atoms with Gasteiger partial charge in [0.05, 0.1) is 0 Å². The smallest absolute Gasteiger partial charge is 0.250 e. The molecule has 0 bridgehead atoms. The van der Waals surface area contributed by atoms with Crippen LogP contribution in [0.5, 0.6) is 0 Å². The summed E-state index contributed by atoms with van der Waals surface area (Å²) in [5.74, 6) is 0.0125. The van der Waals surface area contributed by atoms with Crippen LogP contribution in [0.3, 0.4) is 0 Å². The van der Waals surface area contributed by atoms with Crippen molar-refractivity contribution in [2.45, 2.75) is 52.6 Å². The van der Waals surface area contributed by atoms with Crippen molar-refractivity contribution in [1.82, 2.24) is 5.32 Å². The Balaban J connectivity index is 2.43. The molecule has 0 saturated carbocycles.